The van der Waals surface area contributed by atoms with Crippen molar-refractivity contribution in [2.45, 2.75) is 0 Å². The first-order chi connectivity index (χ1) is 14.1. The van der Waals surface area contributed by atoms with Crippen LogP contribution in [0.1, 0.15) is 10.4 Å². The van der Waals surface area contributed by atoms with E-state index >= 15 is 0 Å². The Balaban J connectivity index is 1.73. The molecule has 0 aliphatic carbocycles. The Morgan fingerprint density at radius 3 is 2.38 bits per heavy atom. The van der Waals surface area contributed by atoms with Crippen LogP contribution in [0.5, 0.6) is 5.75 Å². The minimum atomic E-state index is -0.329. The molecule has 1 aromatic heterocycles. The lowest BCUT2D eigenvalue weighted by molar-refractivity contribution is 0.102. The van der Waals surface area contributed by atoms with E-state index in [0.29, 0.717) is 17.0 Å². The monoisotopic (exact) mass is 422 g/mol. The molecular formula is C23H16Cl2N2O2. The third-order valence-electron chi connectivity index (χ3n) is 4.61. The molecule has 0 saturated carbocycles. The molecule has 0 aliphatic heterocycles. The van der Waals surface area contributed by atoms with E-state index in [4.69, 9.17) is 27.9 Å². The van der Waals surface area contributed by atoms with E-state index in [-0.39, 0.29) is 16.0 Å². The van der Waals surface area contributed by atoms with Gasteiger partial charge in [0.25, 0.3) is 5.91 Å². The summed E-state index contributed by atoms with van der Waals surface area (Å²) in [4.78, 5) is 16.7. The average molecular weight is 423 g/mol. The maximum absolute atomic E-state index is 12.8. The first kappa shape index (κ1) is 19.2. The van der Waals surface area contributed by atoms with E-state index in [0.717, 1.165) is 21.9 Å². The fourth-order valence-corrected chi connectivity index (χ4v) is 3.61. The smallest absolute Gasteiger partial charge is 0.255 e. The van der Waals surface area contributed by atoms with Crippen LogP contribution >= 0.6 is 23.2 Å². The van der Waals surface area contributed by atoms with Gasteiger partial charge in [0.15, 0.2) is 0 Å². The second-order valence-corrected chi connectivity index (χ2v) is 7.22. The molecule has 29 heavy (non-hydrogen) atoms. The zero-order chi connectivity index (χ0) is 20.4. The van der Waals surface area contributed by atoms with Crippen LogP contribution in [0, 0.1) is 0 Å². The molecule has 4 rings (SSSR count). The Hall–Kier alpha value is -3.08. The SMILES string of the molecule is COc1ccc(C(=O)Nc2c(Cl)cncc2Cl)cc1-c1ccc2ccccc2c1. The number of amides is 1. The summed E-state index contributed by atoms with van der Waals surface area (Å²) in [5.74, 6) is 0.349. The fraction of sp³-hybridized carbons (Fsp3) is 0.0435. The first-order valence-corrected chi connectivity index (χ1v) is 9.60. The minimum absolute atomic E-state index is 0.272. The molecule has 144 valence electrons. The predicted molar refractivity (Wildman–Crippen MR) is 118 cm³/mol. The summed E-state index contributed by atoms with van der Waals surface area (Å²) in [5, 5.41) is 5.55. The Labute approximate surface area is 178 Å². The number of carbonyl (C=O) groups is 1. The van der Waals surface area contributed by atoms with Crippen molar-refractivity contribution in [2.24, 2.45) is 0 Å². The normalized spacial score (nSPS) is 10.7. The second-order valence-electron chi connectivity index (χ2n) is 6.41. The van der Waals surface area contributed by atoms with E-state index in [1.165, 1.54) is 12.4 Å². The van der Waals surface area contributed by atoms with Crippen molar-refractivity contribution in [1.29, 1.82) is 0 Å². The third-order valence-corrected chi connectivity index (χ3v) is 5.19. The third kappa shape index (κ3) is 3.90. The maximum atomic E-state index is 12.8. The van der Waals surface area contributed by atoms with Crippen molar-refractivity contribution in [3.05, 3.63) is 88.7 Å². The molecule has 0 aliphatic rings. The molecule has 0 bridgehead atoms. The van der Waals surface area contributed by atoms with Gasteiger partial charge in [0, 0.05) is 23.5 Å². The predicted octanol–water partition coefficient (Wildman–Crippen LogP) is 6.47. The van der Waals surface area contributed by atoms with Gasteiger partial charge >= 0.3 is 0 Å². The highest BCUT2D eigenvalue weighted by Gasteiger charge is 2.15. The van der Waals surface area contributed by atoms with Crippen LogP contribution in [0.25, 0.3) is 21.9 Å². The van der Waals surface area contributed by atoms with Crippen LogP contribution < -0.4 is 10.1 Å². The number of hydrogen-bond acceptors (Lipinski definition) is 3. The van der Waals surface area contributed by atoms with E-state index < -0.39 is 0 Å². The number of hydrogen-bond donors (Lipinski definition) is 1. The molecule has 0 saturated heterocycles. The van der Waals surface area contributed by atoms with Crippen LogP contribution in [0.15, 0.2) is 73.1 Å². The van der Waals surface area contributed by atoms with E-state index in [1.807, 2.05) is 24.3 Å². The van der Waals surface area contributed by atoms with Crippen LogP contribution in [0.3, 0.4) is 0 Å². The van der Waals surface area contributed by atoms with Gasteiger partial charge in [-0.25, -0.2) is 0 Å². The number of nitrogens with one attached hydrogen (secondary N) is 1. The molecule has 4 nitrogen and oxygen atoms in total. The lowest BCUT2D eigenvalue weighted by Crippen LogP contribution is -2.13. The van der Waals surface area contributed by atoms with E-state index in [1.54, 1.807) is 25.3 Å². The fourth-order valence-electron chi connectivity index (χ4n) is 3.15. The summed E-state index contributed by atoms with van der Waals surface area (Å²) in [6, 6.07) is 19.5. The van der Waals surface area contributed by atoms with Crippen molar-refractivity contribution >= 4 is 45.6 Å². The standard InChI is InChI=1S/C23H16Cl2N2O2/c1-29-21-9-8-17(23(28)27-22-19(24)12-26-13-20(22)25)11-18(21)16-7-6-14-4-2-3-5-15(14)10-16/h2-13H,1H3,(H,26,27,28). The van der Waals surface area contributed by atoms with E-state index in [2.05, 4.69) is 28.5 Å². The second kappa shape index (κ2) is 8.11. The van der Waals surface area contributed by atoms with E-state index in [9.17, 15) is 4.79 Å². The molecule has 0 spiro atoms. The first-order valence-electron chi connectivity index (χ1n) is 8.84. The number of benzene rings is 3. The van der Waals surface area contributed by atoms with Crippen LogP contribution in [0.4, 0.5) is 5.69 Å². The molecule has 1 amide bonds. The highest BCUT2D eigenvalue weighted by molar-refractivity contribution is 6.39. The highest BCUT2D eigenvalue weighted by atomic mass is 35.5. The van der Waals surface area contributed by atoms with Crippen molar-refractivity contribution in [3.8, 4) is 16.9 Å². The minimum Gasteiger partial charge on any atom is -0.496 e. The molecule has 1 N–H and O–H groups in total. The largest absolute Gasteiger partial charge is 0.496 e. The number of ether oxygens (including phenoxy) is 1. The van der Waals surface area contributed by atoms with Crippen molar-refractivity contribution in [1.82, 2.24) is 4.98 Å². The highest BCUT2D eigenvalue weighted by Crippen LogP contribution is 2.34. The Kier molecular flexibility index (Phi) is 5.38. The summed E-state index contributed by atoms with van der Waals surface area (Å²) in [6.45, 7) is 0. The zero-order valence-electron chi connectivity index (χ0n) is 15.4. The summed E-state index contributed by atoms with van der Waals surface area (Å²) in [7, 11) is 1.61. The Morgan fingerprint density at radius 1 is 0.931 bits per heavy atom. The summed E-state index contributed by atoms with van der Waals surface area (Å²) in [5.41, 5.74) is 2.56. The number of pyridine rings is 1. The van der Waals surface area contributed by atoms with Crippen LogP contribution in [-0.2, 0) is 0 Å². The molecule has 0 atom stereocenters. The van der Waals surface area contributed by atoms with Gasteiger partial charge < -0.3 is 10.1 Å². The average Bonchev–Trinajstić information content (AvgIpc) is 2.75. The van der Waals surface area contributed by atoms with Gasteiger partial charge in [-0.1, -0.05) is 59.6 Å². The Bertz CT molecular complexity index is 1200. The van der Waals surface area contributed by atoms with Crippen LogP contribution in [0.2, 0.25) is 10.0 Å². The van der Waals surface area contributed by atoms with Gasteiger partial charge in [0.2, 0.25) is 0 Å². The Morgan fingerprint density at radius 2 is 1.66 bits per heavy atom. The quantitative estimate of drug-likeness (QED) is 0.409. The molecule has 6 heteroatoms. The van der Waals surface area contributed by atoms with Crippen LogP contribution in [-0.4, -0.2) is 18.0 Å². The molecule has 1 heterocycles. The maximum Gasteiger partial charge on any atom is 0.255 e. The topological polar surface area (TPSA) is 51.2 Å². The molecule has 0 radical (unpaired) electrons. The van der Waals surface area contributed by atoms with Gasteiger partial charge in [-0.15, -0.1) is 0 Å². The molecule has 4 aromatic rings. The number of aromatic nitrogens is 1. The van der Waals surface area contributed by atoms with Crippen molar-refractivity contribution in [3.63, 3.8) is 0 Å². The number of fused-ring (bicyclic) bond motifs is 1. The lowest BCUT2D eigenvalue weighted by atomic mass is 9.98. The number of nitrogens with zero attached hydrogens (tertiary/aromatic N) is 1. The number of carbonyl (C=O) groups excluding carboxylic acids is 1. The van der Waals surface area contributed by atoms with Gasteiger partial charge in [0.05, 0.1) is 22.8 Å². The zero-order valence-corrected chi connectivity index (χ0v) is 17.0. The molecule has 3 aromatic carbocycles. The van der Waals surface area contributed by atoms with Gasteiger partial charge in [-0.3, -0.25) is 9.78 Å². The van der Waals surface area contributed by atoms with Crippen molar-refractivity contribution < 1.29 is 9.53 Å². The summed E-state index contributed by atoms with van der Waals surface area (Å²) < 4.78 is 5.52. The number of halogens is 2. The van der Waals surface area contributed by atoms with Gasteiger partial charge in [-0.05, 0) is 40.6 Å². The van der Waals surface area contributed by atoms with Gasteiger partial charge in [-0.2, -0.15) is 0 Å². The number of anilines is 1. The van der Waals surface area contributed by atoms with Crippen molar-refractivity contribution in [2.75, 3.05) is 12.4 Å². The molecular weight excluding hydrogens is 407 g/mol. The molecule has 0 unspecified atom stereocenters. The lowest BCUT2D eigenvalue weighted by Gasteiger charge is -2.13. The van der Waals surface area contributed by atoms with Gasteiger partial charge in [0.1, 0.15) is 5.75 Å². The molecule has 0 fully saturated rings. The summed E-state index contributed by atoms with van der Waals surface area (Å²) >= 11 is 12.2. The number of rotatable bonds is 4. The summed E-state index contributed by atoms with van der Waals surface area (Å²) in [6.07, 6.45) is 2.86. The number of methoxy groups -OCH3 is 1.